The molecule has 6 nitrogen and oxygen atoms in total. The fraction of sp³-hybridized carbons (Fsp3) is 0.231. The number of benzene rings is 1. The average molecular weight is 487 g/mol. The number of fused-ring (bicyclic) bond motifs is 3. The molecule has 0 atom stereocenters. The lowest BCUT2D eigenvalue weighted by molar-refractivity contribution is 0.650. The van der Waals surface area contributed by atoms with E-state index in [0.717, 1.165) is 69.0 Å². The molecule has 0 aliphatic carbocycles. The molecule has 3 aromatic heterocycles. The monoisotopic (exact) mass is 486 g/mol. The van der Waals surface area contributed by atoms with Crippen molar-refractivity contribution in [1.29, 1.82) is 0 Å². The van der Waals surface area contributed by atoms with E-state index in [2.05, 4.69) is 49.7 Å². The molecule has 4 aromatic rings. The summed E-state index contributed by atoms with van der Waals surface area (Å²) in [5.41, 5.74) is 4.85. The summed E-state index contributed by atoms with van der Waals surface area (Å²) in [6.07, 6.45) is 7.79. The Balaban J connectivity index is 1.56. The first-order chi connectivity index (χ1) is 16.5. The van der Waals surface area contributed by atoms with Crippen molar-refractivity contribution in [3.05, 3.63) is 93.4 Å². The zero-order valence-electron chi connectivity index (χ0n) is 19.0. The fourth-order valence-electron chi connectivity index (χ4n) is 3.98. The molecule has 4 heterocycles. The Morgan fingerprint density at radius 2 is 2.00 bits per heavy atom. The number of nitrogens with zero attached hydrogens (tertiary/aromatic N) is 6. The zero-order valence-corrected chi connectivity index (χ0v) is 20.6. The third-order valence-electron chi connectivity index (χ3n) is 5.72. The molecule has 0 fully saturated rings. The predicted octanol–water partition coefficient (Wildman–Crippen LogP) is 5.51. The van der Waals surface area contributed by atoms with Crippen LogP contribution in [0.2, 0.25) is 5.02 Å². The van der Waals surface area contributed by atoms with Crippen molar-refractivity contribution in [2.75, 3.05) is 0 Å². The van der Waals surface area contributed by atoms with Crippen LogP contribution in [0.4, 0.5) is 0 Å². The SMILES string of the molecule is C=CCCCn1cnc(C#Cc2sc3c(c2C)C(c2ccc(Cl)cc2)=NCc2nnc(C)n2-3)c1. The molecule has 1 aliphatic rings. The lowest BCUT2D eigenvalue weighted by Crippen LogP contribution is -2.07. The van der Waals surface area contributed by atoms with Gasteiger partial charge < -0.3 is 4.57 Å². The number of imidazole rings is 1. The lowest BCUT2D eigenvalue weighted by atomic mass is 10.00. The van der Waals surface area contributed by atoms with E-state index in [-0.39, 0.29) is 0 Å². The molecular weight excluding hydrogens is 464 g/mol. The highest BCUT2D eigenvalue weighted by molar-refractivity contribution is 7.15. The van der Waals surface area contributed by atoms with Crippen LogP contribution >= 0.6 is 22.9 Å². The number of aryl methyl sites for hydroxylation is 2. The van der Waals surface area contributed by atoms with Gasteiger partial charge in [0.15, 0.2) is 5.82 Å². The molecule has 1 aromatic carbocycles. The molecule has 1 aliphatic heterocycles. The fourth-order valence-corrected chi connectivity index (χ4v) is 5.34. The van der Waals surface area contributed by atoms with Crippen LogP contribution in [-0.4, -0.2) is 30.0 Å². The maximum atomic E-state index is 6.14. The summed E-state index contributed by atoms with van der Waals surface area (Å²) in [6, 6.07) is 7.80. The van der Waals surface area contributed by atoms with E-state index in [1.807, 2.05) is 49.8 Å². The summed E-state index contributed by atoms with van der Waals surface area (Å²) in [4.78, 5) is 10.4. The van der Waals surface area contributed by atoms with Crippen molar-refractivity contribution >= 4 is 28.6 Å². The molecule has 0 radical (unpaired) electrons. The van der Waals surface area contributed by atoms with Crippen molar-refractivity contribution in [2.45, 2.75) is 39.8 Å². The van der Waals surface area contributed by atoms with Crippen LogP contribution in [0, 0.1) is 25.7 Å². The highest BCUT2D eigenvalue weighted by Crippen LogP contribution is 2.36. The van der Waals surface area contributed by atoms with E-state index in [4.69, 9.17) is 16.6 Å². The molecule has 0 spiro atoms. The van der Waals surface area contributed by atoms with Crippen molar-refractivity contribution in [1.82, 2.24) is 24.3 Å². The van der Waals surface area contributed by atoms with Gasteiger partial charge in [-0.1, -0.05) is 29.8 Å². The quantitative estimate of drug-likeness (QED) is 0.212. The largest absolute Gasteiger partial charge is 0.336 e. The molecule has 0 N–H and O–H groups in total. The zero-order chi connectivity index (χ0) is 23.7. The summed E-state index contributed by atoms with van der Waals surface area (Å²) in [7, 11) is 0. The second-order valence-corrected chi connectivity index (χ2v) is 9.52. The topological polar surface area (TPSA) is 60.9 Å². The van der Waals surface area contributed by atoms with Gasteiger partial charge >= 0.3 is 0 Å². The number of allylic oxidation sites excluding steroid dienone is 1. The molecular formula is C26H23ClN6S. The number of hydrogen-bond acceptors (Lipinski definition) is 5. The molecule has 0 unspecified atom stereocenters. The third-order valence-corrected chi connectivity index (χ3v) is 7.16. The van der Waals surface area contributed by atoms with Gasteiger partial charge in [0, 0.05) is 28.9 Å². The van der Waals surface area contributed by atoms with Gasteiger partial charge in [-0.15, -0.1) is 28.1 Å². The predicted molar refractivity (Wildman–Crippen MR) is 137 cm³/mol. The van der Waals surface area contributed by atoms with Crippen LogP contribution < -0.4 is 0 Å². The first-order valence-electron chi connectivity index (χ1n) is 11.0. The Labute approximate surface area is 207 Å². The van der Waals surface area contributed by atoms with Gasteiger partial charge in [0.2, 0.25) is 0 Å². The number of rotatable bonds is 5. The van der Waals surface area contributed by atoms with Crippen LogP contribution in [0.15, 0.2) is 54.4 Å². The second kappa shape index (κ2) is 9.41. The van der Waals surface area contributed by atoms with E-state index in [1.165, 1.54) is 0 Å². The maximum absolute atomic E-state index is 6.14. The van der Waals surface area contributed by atoms with Gasteiger partial charge in [0.25, 0.3) is 0 Å². The number of hydrogen-bond donors (Lipinski definition) is 0. The van der Waals surface area contributed by atoms with Crippen LogP contribution in [0.1, 0.15) is 51.8 Å². The Kier molecular flexibility index (Phi) is 6.18. The summed E-state index contributed by atoms with van der Waals surface area (Å²) in [5.74, 6) is 8.26. The molecule has 0 saturated heterocycles. The van der Waals surface area contributed by atoms with Gasteiger partial charge in [-0.25, -0.2) is 4.98 Å². The van der Waals surface area contributed by atoms with Gasteiger partial charge in [-0.05, 0) is 56.2 Å². The Bertz CT molecular complexity index is 1460. The van der Waals surface area contributed by atoms with Crippen molar-refractivity contribution in [2.24, 2.45) is 4.99 Å². The first kappa shape index (κ1) is 22.3. The summed E-state index contributed by atoms with van der Waals surface area (Å²) >= 11 is 7.78. The second-order valence-electron chi connectivity index (χ2n) is 8.08. The molecule has 0 amide bonds. The maximum Gasteiger partial charge on any atom is 0.160 e. The smallest absolute Gasteiger partial charge is 0.160 e. The molecule has 5 rings (SSSR count). The Morgan fingerprint density at radius 1 is 1.18 bits per heavy atom. The molecule has 8 heteroatoms. The van der Waals surface area contributed by atoms with Crippen LogP contribution in [0.25, 0.3) is 5.00 Å². The molecule has 34 heavy (non-hydrogen) atoms. The van der Waals surface area contributed by atoms with Gasteiger partial charge in [-0.3, -0.25) is 9.56 Å². The summed E-state index contributed by atoms with van der Waals surface area (Å²) in [6.45, 7) is 9.21. The summed E-state index contributed by atoms with van der Waals surface area (Å²) in [5, 5.41) is 10.4. The van der Waals surface area contributed by atoms with E-state index < -0.39 is 0 Å². The van der Waals surface area contributed by atoms with E-state index >= 15 is 0 Å². The highest BCUT2D eigenvalue weighted by atomic mass is 35.5. The van der Waals surface area contributed by atoms with Crippen molar-refractivity contribution in [3.8, 4) is 16.8 Å². The molecule has 170 valence electrons. The van der Waals surface area contributed by atoms with Crippen LogP contribution in [0.5, 0.6) is 0 Å². The van der Waals surface area contributed by atoms with Crippen molar-refractivity contribution in [3.63, 3.8) is 0 Å². The Hall–Kier alpha value is -3.47. The molecule has 0 saturated carbocycles. The standard InChI is InChI=1S/C26H23ClN6S/c1-4-5-6-13-32-15-21(29-16-32)11-12-22-17(2)24-25(19-7-9-20(27)10-8-19)28-14-23-31-30-18(3)33(23)26(24)34-22/h4,7-10,15-16H,1,5-6,13-14H2,2-3H3. The van der Waals surface area contributed by atoms with Gasteiger partial charge in [0.1, 0.15) is 23.1 Å². The minimum atomic E-state index is 0.462. The number of thiophene rings is 1. The minimum absolute atomic E-state index is 0.462. The van der Waals surface area contributed by atoms with Crippen LogP contribution in [0.3, 0.4) is 0 Å². The number of aromatic nitrogens is 5. The highest BCUT2D eigenvalue weighted by Gasteiger charge is 2.27. The summed E-state index contributed by atoms with van der Waals surface area (Å²) < 4.78 is 4.17. The third kappa shape index (κ3) is 4.23. The lowest BCUT2D eigenvalue weighted by Gasteiger charge is -2.09. The number of aliphatic imine (C=N–C) groups is 1. The van der Waals surface area contributed by atoms with E-state index in [0.29, 0.717) is 11.6 Å². The normalized spacial score (nSPS) is 12.3. The number of halogens is 1. The van der Waals surface area contributed by atoms with Gasteiger partial charge in [-0.2, -0.15) is 0 Å². The number of unbranched alkanes of at least 4 members (excludes halogenated alkanes) is 1. The van der Waals surface area contributed by atoms with Gasteiger partial charge in [0.05, 0.1) is 16.9 Å². The van der Waals surface area contributed by atoms with E-state index in [9.17, 15) is 0 Å². The van der Waals surface area contributed by atoms with E-state index in [1.54, 1.807) is 11.3 Å². The first-order valence-corrected chi connectivity index (χ1v) is 12.2. The van der Waals surface area contributed by atoms with Crippen molar-refractivity contribution < 1.29 is 0 Å². The molecule has 0 bridgehead atoms. The minimum Gasteiger partial charge on any atom is -0.336 e. The Morgan fingerprint density at radius 3 is 2.79 bits per heavy atom. The van der Waals surface area contributed by atoms with Crippen LogP contribution in [-0.2, 0) is 13.1 Å². The average Bonchev–Trinajstić information content (AvgIpc) is 3.49.